The van der Waals surface area contributed by atoms with Crippen LogP contribution in [0.25, 0.3) is 0 Å². The molecule has 1 aliphatic heterocycles. The van der Waals surface area contributed by atoms with E-state index in [4.69, 9.17) is 5.11 Å². The topological polar surface area (TPSA) is 73.7 Å². The van der Waals surface area contributed by atoms with E-state index < -0.39 is 5.97 Å². The highest BCUT2D eigenvalue weighted by atomic mass is 16.4. The molecule has 0 spiro atoms. The smallest absolute Gasteiger partial charge is 0.354 e. The number of carboxylic acid groups (broad SMARTS) is 1. The molecular weight excluding hydrogens is 258 g/mol. The van der Waals surface area contributed by atoms with Crippen molar-refractivity contribution in [3.05, 3.63) is 29.6 Å². The number of carbonyl (C=O) groups is 2. The van der Waals surface area contributed by atoms with Gasteiger partial charge in [0, 0.05) is 25.8 Å². The van der Waals surface area contributed by atoms with E-state index in [1.54, 1.807) is 11.9 Å². The Bertz CT molecular complexity index is 501. The van der Waals surface area contributed by atoms with Gasteiger partial charge in [-0.3, -0.25) is 4.79 Å². The molecule has 1 unspecified atom stereocenters. The molecule has 0 aromatic carbocycles. The fourth-order valence-corrected chi connectivity index (χ4v) is 2.47. The minimum absolute atomic E-state index is 0.0541. The molecule has 1 saturated heterocycles. The predicted molar refractivity (Wildman–Crippen MR) is 73.8 cm³/mol. The first kappa shape index (κ1) is 14.5. The van der Waals surface area contributed by atoms with Crippen LogP contribution in [-0.2, 0) is 0 Å². The summed E-state index contributed by atoms with van der Waals surface area (Å²) in [6, 6.07) is 3.07. The second-order valence-corrected chi connectivity index (χ2v) is 5.21. The largest absolute Gasteiger partial charge is 0.477 e. The first-order valence-electron chi connectivity index (χ1n) is 6.64. The molecule has 2 heterocycles. The molecule has 108 valence electrons. The summed E-state index contributed by atoms with van der Waals surface area (Å²) in [4.78, 5) is 30.8. The predicted octanol–water partition coefficient (Wildman–Crippen LogP) is 0.946. The number of nitrogens with zero attached hydrogens (tertiary/aromatic N) is 3. The lowest BCUT2D eigenvalue weighted by atomic mass is 10.0. The van der Waals surface area contributed by atoms with Crippen molar-refractivity contribution in [1.29, 1.82) is 0 Å². The van der Waals surface area contributed by atoms with Crippen molar-refractivity contribution in [2.45, 2.75) is 18.9 Å². The van der Waals surface area contributed by atoms with Gasteiger partial charge in [-0.15, -0.1) is 0 Å². The van der Waals surface area contributed by atoms with Gasteiger partial charge in [-0.05, 0) is 38.6 Å². The maximum absolute atomic E-state index is 12.4. The van der Waals surface area contributed by atoms with Crippen LogP contribution < -0.4 is 0 Å². The van der Waals surface area contributed by atoms with Crippen molar-refractivity contribution in [2.24, 2.45) is 0 Å². The number of hydrogen-bond donors (Lipinski definition) is 1. The molecule has 0 bridgehead atoms. The molecule has 6 nitrogen and oxygen atoms in total. The van der Waals surface area contributed by atoms with Crippen molar-refractivity contribution in [2.75, 3.05) is 27.2 Å². The molecule has 1 aliphatic rings. The van der Waals surface area contributed by atoms with Crippen molar-refractivity contribution < 1.29 is 14.7 Å². The average molecular weight is 277 g/mol. The van der Waals surface area contributed by atoms with Gasteiger partial charge in [-0.1, -0.05) is 0 Å². The van der Waals surface area contributed by atoms with Gasteiger partial charge in [-0.2, -0.15) is 0 Å². The number of carboxylic acids is 1. The van der Waals surface area contributed by atoms with E-state index in [9.17, 15) is 9.59 Å². The minimum Gasteiger partial charge on any atom is -0.477 e. The molecule has 1 N–H and O–H groups in total. The molecule has 0 radical (unpaired) electrons. The van der Waals surface area contributed by atoms with Crippen LogP contribution in [0.3, 0.4) is 0 Å². The zero-order valence-corrected chi connectivity index (χ0v) is 11.7. The van der Waals surface area contributed by atoms with Gasteiger partial charge < -0.3 is 14.9 Å². The molecule has 0 saturated carbocycles. The molecule has 1 atom stereocenters. The first-order valence-corrected chi connectivity index (χ1v) is 6.64. The summed E-state index contributed by atoms with van der Waals surface area (Å²) in [5.74, 6) is -1.21. The number of likely N-dealkylation sites (N-methyl/N-ethyl adjacent to an activating group) is 2. The van der Waals surface area contributed by atoms with E-state index in [0.717, 1.165) is 25.9 Å². The third-order valence-corrected chi connectivity index (χ3v) is 3.70. The second kappa shape index (κ2) is 6.00. The highest BCUT2D eigenvalue weighted by molar-refractivity contribution is 5.95. The first-order chi connectivity index (χ1) is 9.49. The van der Waals surface area contributed by atoms with Crippen molar-refractivity contribution in [1.82, 2.24) is 14.8 Å². The molecular formula is C14H19N3O3. The number of piperidine rings is 1. The number of pyridine rings is 1. The molecule has 6 heteroatoms. The summed E-state index contributed by atoms with van der Waals surface area (Å²) in [6.45, 7) is 1.93. The number of likely N-dealkylation sites (tertiary alicyclic amines) is 1. The van der Waals surface area contributed by atoms with Crippen LogP contribution in [-0.4, -0.2) is 65.0 Å². The van der Waals surface area contributed by atoms with Crippen molar-refractivity contribution in [3.63, 3.8) is 0 Å². The maximum atomic E-state index is 12.4. The summed E-state index contributed by atoms with van der Waals surface area (Å²) in [5.41, 5.74) is 0.368. The lowest BCUT2D eigenvalue weighted by Gasteiger charge is -2.35. The number of amides is 1. The molecule has 20 heavy (non-hydrogen) atoms. The lowest BCUT2D eigenvalue weighted by molar-refractivity contribution is 0.0639. The van der Waals surface area contributed by atoms with Crippen molar-refractivity contribution >= 4 is 11.9 Å². The van der Waals surface area contributed by atoms with Crippen LogP contribution in [0.5, 0.6) is 0 Å². The van der Waals surface area contributed by atoms with Gasteiger partial charge in [0.05, 0.1) is 5.56 Å². The normalized spacial score (nSPS) is 19.6. The van der Waals surface area contributed by atoms with Crippen LogP contribution >= 0.6 is 0 Å². The summed E-state index contributed by atoms with van der Waals surface area (Å²) in [6.07, 6.45) is 3.40. The lowest BCUT2D eigenvalue weighted by Crippen LogP contribution is -2.47. The Hall–Kier alpha value is -1.95. The van der Waals surface area contributed by atoms with Gasteiger partial charge in [0.15, 0.2) is 0 Å². The van der Waals surface area contributed by atoms with Crippen LogP contribution in [0.15, 0.2) is 18.3 Å². The quantitative estimate of drug-likeness (QED) is 0.890. The van der Waals surface area contributed by atoms with Crippen LogP contribution in [0.1, 0.15) is 33.7 Å². The van der Waals surface area contributed by atoms with Gasteiger partial charge in [0.1, 0.15) is 5.69 Å². The van der Waals surface area contributed by atoms with E-state index >= 15 is 0 Å². The van der Waals surface area contributed by atoms with Gasteiger partial charge in [0.2, 0.25) is 0 Å². The third-order valence-electron chi connectivity index (χ3n) is 3.70. The number of aromatic carboxylic acids is 1. The second-order valence-electron chi connectivity index (χ2n) is 5.21. The Labute approximate surface area is 118 Å². The fraction of sp³-hybridized carbons (Fsp3) is 0.500. The molecule has 1 fully saturated rings. The number of hydrogen-bond acceptors (Lipinski definition) is 4. The van der Waals surface area contributed by atoms with E-state index in [1.807, 2.05) is 7.05 Å². The molecule has 0 aliphatic carbocycles. The molecule has 1 aromatic rings. The molecule has 1 aromatic heterocycles. The van der Waals surface area contributed by atoms with Gasteiger partial charge in [0.25, 0.3) is 5.91 Å². The minimum atomic E-state index is -1.09. The van der Waals surface area contributed by atoms with E-state index in [1.165, 1.54) is 18.3 Å². The van der Waals surface area contributed by atoms with Gasteiger partial charge in [-0.25, -0.2) is 9.78 Å². The maximum Gasteiger partial charge on any atom is 0.354 e. The summed E-state index contributed by atoms with van der Waals surface area (Å²) < 4.78 is 0. The monoisotopic (exact) mass is 277 g/mol. The highest BCUT2D eigenvalue weighted by Crippen LogP contribution is 2.15. The number of rotatable bonds is 3. The van der Waals surface area contributed by atoms with Crippen LogP contribution in [0.4, 0.5) is 0 Å². The summed E-state index contributed by atoms with van der Waals surface area (Å²) in [5, 5.41) is 8.79. The number of carbonyl (C=O) groups excluding carboxylic acids is 1. The Morgan fingerprint density at radius 2 is 2.20 bits per heavy atom. The highest BCUT2D eigenvalue weighted by Gasteiger charge is 2.25. The fourth-order valence-electron chi connectivity index (χ4n) is 2.47. The van der Waals surface area contributed by atoms with Crippen LogP contribution in [0, 0.1) is 0 Å². The van der Waals surface area contributed by atoms with E-state index in [0.29, 0.717) is 5.56 Å². The Morgan fingerprint density at radius 1 is 1.45 bits per heavy atom. The average Bonchev–Trinajstić information content (AvgIpc) is 2.46. The number of aromatic nitrogens is 1. The standard InChI is InChI=1S/C14H19N3O3/c1-16-7-3-4-11(9-16)17(2)13(18)10-5-6-12(14(19)20)15-8-10/h5-6,8,11H,3-4,7,9H2,1-2H3,(H,19,20). The molecule has 2 rings (SSSR count). The zero-order valence-electron chi connectivity index (χ0n) is 11.7. The van der Waals surface area contributed by atoms with Crippen molar-refractivity contribution in [3.8, 4) is 0 Å². The van der Waals surface area contributed by atoms with Gasteiger partial charge >= 0.3 is 5.97 Å². The van der Waals surface area contributed by atoms with Crippen LogP contribution in [0.2, 0.25) is 0 Å². The zero-order chi connectivity index (χ0) is 14.7. The Balaban J connectivity index is 2.07. The Morgan fingerprint density at radius 3 is 2.75 bits per heavy atom. The molecule has 1 amide bonds. The van der Waals surface area contributed by atoms with E-state index in [-0.39, 0.29) is 17.6 Å². The summed E-state index contributed by atoms with van der Waals surface area (Å²) in [7, 11) is 3.84. The third kappa shape index (κ3) is 3.14. The Kier molecular flexibility index (Phi) is 4.34. The summed E-state index contributed by atoms with van der Waals surface area (Å²) >= 11 is 0. The van der Waals surface area contributed by atoms with E-state index in [2.05, 4.69) is 9.88 Å². The SMILES string of the molecule is CN1CCCC(N(C)C(=O)c2ccc(C(=O)O)nc2)C1.